The molecule has 0 aliphatic carbocycles. The van der Waals surface area contributed by atoms with Crippen LogP contribution in [0.1, 0.15) is 11.9 Å². The van der Waals surface area contributed by atoms with E-state index in [1.54, 1.807) is 11.3 Å². The van der Waals surface area contributed by atoms with Crippen molar-refractivity contribution in [3.8, 4) is 0 Å². The topological polar surface area (TPSA) is 24.9 Å². The Hall–Kier alpha value is -0.840. The van der Waals surface area contributed by atoms with Gasteiger partial charge in [0.15, 0.2) is 0 Å². The van der Waals surface area contributed by atoms with E-state index in [0.29, 0.717) is 6.04 Å². The number of aromatic nitrogens is 1. The van der Waals surface area contributed by atoms with Crippen LogP contribution in [0.4, 0.5) is 0 Å². The lowest BCUT2D eigenvalue weighted by Gasteiger charge is -2.16. The summed E-state index contributed by atoms with van der Waals surface area (Å²) in [6.45, 7) is 3.16. The number of likely N-dealkylation sites (N-methyl/N-ethyl adjacent to an activating group) is 1. The number of nitrogens with one attached hydrogen (secondary N) is 1. The normalized spacial score (nSPS) is 12.5. The molecule has 4 heteroatoms. The molecule has 0 spiro atoms. The third kappa shape index (κ3) is 4.44. The van der Waals surface area contributed by atoms with Gasteiger partial charge in [0, 0.05) is 34.7 Å². The largest absolute Gasteiger partial charge is 0.313 e. The monoisotopic (exact) mass is 278 g/mol. The van der Waals surface area contributed by atoms with Gasteiger partial charge < -0.3 is 5.32 Å². The van der Waals surface area contributed by atoms with Gasteiger partial charge in [0.2, 0.25) is 0 Å². The minimum Gasteiger partial charge on any atom is -0.313 e. The van der Waals surface area contributed by atoms with Crippen LogP contribution < -0.4 is 5.32 Å². The quantitative estimate of drug-likeness (QED) is 0.785. The van der Waals surface area contributed by atoms with Gasteiger partial charge in [0.25, 0.3) is 0 Å². The summed E-state index contributed by atoms with van der Waals surface area (Å²) in [5.41, 5.74) is 0. The zero-order valence-electron chi connectivity index (χ0n) is 10.5. The van der Waals surface area contributed by atoms with E-state index < -0.39 is 0 Å². The molecule has 0 amide bonds. The van der Waals surface area contributed by atoms with Crippen molar-refractivity contribution in [2.45, 2.75) is 24.3 Å². The first-order valence-corrected chi connectivity index (χ1v) is 8.04. The minimum absolute atomic E-state index is 0.492. The van der Waals surface area contributed by atoms with Gasteiger partial charge in [-0.2, -0.15) is 0 Å². The second kappa shape index (κ2) is 7.56. The van der Waals surface area contributed by atoms with Gasteiger partial charge >= 0.3 is 0 Å². The van der Waals surface area contributed by atoms with Crippen LogP contribution >= 0.6 is 23.1 Å². The van der Waals surface area contributed by atoms with Crippen molar-refractivity contribution >= 4 is 23.1 Å². The maximum atomic E-state index is 4.36. The van der Waals surface area contributed by atoms with Crippen molar-refractivity contribution in [2.24, 2.45) is 0 Å². The molecule has 2 aromatic rings. The van der Waals surface area contributed by atoms with Crippen molar-refractivity contribution in [3.05, 3.63) is 46.9 Å². The molecule has 1 unspecified atom stereocenters. The van der Waals surface area contributed by atoms with E-state index in [1.165, 1.54) is 9.90 Å². The van der Waals surface area contributed by atoms with Crippen molar-refractivity contribution in [3.63, 3.8) is 0 Å². The van der Waals surface area contributed by atoms with Gasteiger partial charge in [0.05, 0.1) is 5.01 Å². The van der Waals surface area contributed by atoms with Crippen molar-refractivity contribution in [2.75, 3.05) is 12.3 Å². The summed E-state index contributed by atoms with van der Waals surface area (Å²) < 4.78 is 0. The van der Waals surface area contributed by atoms with Gasteiger partial charge in [-0.1, -0.05) is 25.1 Å². The lowest BCUT2D eigenvalue weighted by molar-refractivity contribution is 0.571. The highest BCUT2D eigenvalue weighted by molar-refractivity contribution is 7.99. The Balaban J connectivity index is 1.86. The molecule has 0 saturated carbocycles. The number of thiazole rings is 1. The average molecular weight is 278 g/mol. The SMILES string of the molecule is CCNC(CSc1ccccc1)Cc1nccs1. The summed E-state index contributed by atoms with van der Waals surface area (Å²) in [5.74, 6) is 1.08. The second-order valence-electron chi connectivity index (χ2n) is 4.01. The highest BCUT2D eigenvalue weighted by Gasteiger charge is 2.10. The average Bonchev–Trinajstić information content (AvgIpc) is 2.90. The molecule has 18 heavy (non-hydrogen) atoms. The molecule has 0 bridgehead atoms. The van der Waals surface area contributed by atoms with Crippen LogP contribution in [-0.4, -0.2) is 23.3 Å². The van der Waals surface area contributed by atoms with Gasteiger partial charge in [-0.05, 0) is 18.7 Å². The lowest BCUT2D eigenvalue weighted by atomic mass is 10.2. The number of benzene rings is 1. The Morgan fingerprint density at radius 1 is 1.33 bits per heavy atom. The molecule has 0 radical (unpaired) electrons. The molecule has 0 fully saturated rings. The van der Waals surface area contributed by atoms with E-state index in [9.17, 15) is 0 Å². The molecule has 96 valence electrons. The van der Waals surface area contributed by atoms with Crippen LogP contribution in [-0.2, 0) is 6.42 Å². The van der Waals surface area contributed by atoms with Crippen LogP contribution in [0.5, 0.6) is 0 Å². The molecule has 1 heterocycles. The first-order valence-electron chi connectivity index (χ1n) is 6.18. The Morgan fingerprint density at radius 2 is 2.17 bits per heavy atom. The highest BCUT2D eigenvalue weighted by atomic mass is 32.2. The summed E-state index contributed by atoms with van der Waals surface area (Å²) in [4.78, 5) is 5.70. The molecule has 2 nitrogen and oxygen atoms in total. The van der Waals surface area contributed by atoms with Crippen molar-refractivity contribution in [1.29, 1.82) is 0 Å². The van der Waals surface area contributed by atoms with E-state index in [1.807, 2.05) is 23.3 Å². The van der Waals surface area contributed by atoms with Crippen LogP contribution in [0.3, 0.4) is 0 Å². The molecular weight excluding hydrogens is 260 g/mol. The molecule has 0 aliphatic rings. The van der Waals surface area contributed by atoms with E-state index in [2.05, 4.69) is 47.6 Å². The van der Waals surface area contributed by atoms with Gasteiger partial charge in [-0.15, -0.1) is 23.1 Å². The Kier molecular flexibility index (Phi) is 5.71. The Labute approximate surface area is 117 Å². The third-order valence-electron chi connectivity index (χ3n) is 2.59. The second-order valence-corrected chi connectivity index (χ2v) is 6.08. The summed E-state index contributed by atoms with van der Waals surface area (Å²) in [7, 11) is 0. The molecule has 0 aliphatic heterocycles. The molecule has 1 N–H and O–H groups in total. The standard InChI is InChI=1S/C14H18N2S2/c1-2-15-12(10-14-16-8-9-17-14)11-18-13-6-4-3-5-7-13/h3-9,12,15H,2,10-11H2,1H3. The van der Waals surface area contributed by atoms with Crippen molar-refractivity contribution in [1.82, 2.24) is 10.3 Å². The molecular formula is C14H18N2S2. The zero-order chi connectivity index (χ0) is 12.6. The van der Waals surface area contributed by atoms with Crippen molar-refractivity contribution < 1.29 is 0 Å². The van der Waals surface area contributed by atoms with E-state index in [0.717, 1.165) is 18.7 Å². The number of hydrogen-bond donors (Lipinski definition) is 1. The Morgan fingerprint density at radius 3 is 2.83 bits per heavy atom. The predicted octanol–water partition coefficient (Wildman–Crippen LogP) is 3.46. The molecule has 1 aromatic carbocycles. The van der Waals surface area contributed by atoms with Gasteiger partial charge in [-0.25, -0.2) is 4.98 Å². The maximum Gasteiger partial charge on any atom is 0.0940 e. The predicted molar refractivity (Wildman–Crippen MR) is 80.4 cm³/mol. The van der Waals surface area contributed by atoms with Gasteiger partial charge in [0.1, 0.15) is 0 Å². The Bertz CT molecular complexity index is 428. The fourth-order valence-electron chi connectivity index (χ4n) is 1.76. The highest BCUT2D eigenvalue weighted by Crippen LogP contribution is 2.19. The van der Waals surface area contributed by atoms with Crippen LogP contribution in [0.15, 0.2) is 46.8 Å². The maximum absolute atomic E-state index is 4.36. The fourth-order valence-corrected chi connectivity index (χ4v) is 3.43. The molecule has 1 aromatic heterocycles. The third-order valence-corrected chi connectivity index (χ3v) is 4.57. The number of thioether (sulfide) groups is 1. The first-order chi connectivity index (χ1) is 8.88. The van der Waals surface area contributed by atoms with E-state index in [-0.39, 0.29) is 0 Å². The molecule has 1 atom stereocenters. The molecule has 2 rings (SSSR count). The zero-order valence-corrected chi connectivity index (χ0v) is 12.1. The van der Waals surface area contributed by atoms with E-state index >= 15 is 0 Å². The summed E-state index contributed by atoms with van der Waals surface area (Å²) in [6, 6.07) is 11.1. The molecule has 0 saturated heterocycles. The fraction of sp³-hybridized carbons (Fsp3) is 0.357. The van der Waals surface area contributed by atoms with Crippen LogP contribution in [0, 0.1) is 0 Å². The minimum atomic E-state index is 0.492. The van der Waals surface area contributed by atoms with E-state index in [4.69, 9.17) is 0 Å². The summed E-state index contributed by atoms with van der Waals surface area (Å²) in [6.07, 6.45) is 2.90. The number of nitrogens with zero attached hydrogens (tertiary/aromatic N) is 1. The van der Waals surface area contributed by atoms with Crippen LogP contribution in [0.25, 0.3) is 0 Å². The smallest absolute Gasteiger partial charge is 0.0940 e. The first kappa shape index (κ1) is 13.6. The number of hydrogen-bond acceptors (Lipinski definition) is 4. The summed E-state index contributed by atoms with van der Waals surface area (Å²) >= 11 is 3.64. The summed E-state index contributed by atoms with van der Waals surface area (Å²) in [5, 5.41) is 6.80. The number of rotatable bonds is 7. The van der Waals surface area contributed by atoms with Gasteiger partial charge in [-0.3, -0.25) is 0 Å². The van der Waals surface area contributed by atoms with Crippen LogP contribution in [0.2, 0.25) is 0 Å². The lowest BCUT2D eigenvalue weighted by Crippen LogP contribution is -2.33.